The van der Waals surface area contributed by atoms with Gasteiger partial charge in [-0.2, -0.15) is 0 Å². The highest BCUT2D eigenvalue weighted by atomic mass is 32.2. The molecule has 6 atom stereocenters. The quantitative estimate of drug-likeness (QED) is 0.421. The molecule has 1 saturated heterocycles. The van der Waals surface area contributed by atoms with Gasteiger partial charge in [0.15, 0.2) is 0 Å². The summed E-state index contributed by atoms with van der Waals surface area (Å²) < 4.78 is 11.6. The lowest BCUT2D eigenvalue weighted by Gasteiger charge is -2.32. The number of ether oxygens (including phenoxy) is 2. The number of fused-ring (bicyclic) bond motifs is 3. The van der Waals surface area contributed by atoms with Crippen molar-refractivity contribution in [2.75, 3.05) is 26.5 Å². The topological polar surface area (TPSA) is 88.5 Å². The summed E-state index contributed by atoms with van der Waals surface area (Å²) >= 11 is 1.55. The zero-order valence-corrected chi connectivity index (χ0v) is 26.9. The number of nitrogens with zero attached hydrogens (tertiary/aromatic N) is 3. The number of rotatable bonds is 4. The number of allylic oxidation sites excluding steroid dienone is 4. The average Bonchev–Trinajstić information content (AvgIpc) is 3.59. The van der Waals surface area contributed by atoms with Crippen molar-refractivity contribution in [2.24, 2.45) is 16.8 Å². The van der Waals surface area contributed by atoms with Crippen LogP contribution in [0.15, 0.2) is 40.4 Å². The number of hydrogen-bond donors (Lipinski definition) is 0. The third kappa shape index (κ3) is 8.80. The van der Waals surface area contributed by atoms with E-state index in [-0.39, 0.29) is 41.9 Å². The molecule has 6 unspecified atom stereocenters. The van der Waals surface area contributed by atoms with Crippen molar-refractivity contribution < 1.29 is 23.9 Å². The largest absolute Gasteiger partial charge is 0.460 e. The van der Waals surface area contributed by atoms with Crippen LogP contribution in [-0.2, 0) is 23.9 Å². The molecular formula is C32H49N3O5S. The molecule has 0 radical (unpaired) electrons. The molecule has 0 saturated carbocycles. The molecule has 3 heterocycles. The Kier molecular flexibility index (Phi) is 12.3. The molecule has 8 nitrogen and oxygen atoms in total. The third-order valence-corrected chi connectivity index (χ3v) is 9.28. The second kappa shape index (κ2) is 15.2. The monoisotopic (exact) mass is 587 g/mol. The number of carbonyl (C=O) groups excluding carboxylic acids is 3. The van der Waals surface area contributed by atoms with Gasteiger partial charge in [-0.3, -0.25) is 14.6 Å². The molecule has 0 aromatic rings. The maximum Gasteiger partial charge on any atom is 0.329 e. The lowest BCUT2D eigenvalue weighted by Crippen LogP contribution is -2.50. The van der Waals surface area contributed by atoms with Crippen LogP contribution in [0.3, 0.4) is 0 Å². The van der Waals surface area contributed by atoms with Gasteiger partial charge in [-0.1, -0.05) is 50.6 Å². The van der Waals surface area contributed by atoms with E-state index in [9.17, 15) is 14.4 Å². The van der Waals surface area contributed by atoms with Gasteiger partial charge in [0.1, 0.15) is 18.2 Å². The smallest absolute Gasteiger partial charge is 0.329 e. The number of likely N-dealkylation sites (N-methyl/N-ethyl adjacent to an activating group) is 1. The molecule has 3 aliphatic rings. The number of carbonyl (C=O) groups is 3. The fraction of sp³-hybridized carbons (Fsp3) is 0.688. The summed E-state index contributed by atoms with van der Waals surface area (Å²) in [7, 11) is 3.32. The molecule has 0 spiro atoms. The summed E-state index contributed by atoms with van der Waals surface area (Å²) in [6.45, 7) is 12.5. The normalized spacial score (nSPS) is 29.9. The number of esters is 1. The maximum atomic E-state index is 13.7. The first kappa shape index (κ1) is 33.1. The van der Waals surface area contributed by atoms with Crippen LogP contribution in [0.5, 0.6) is 0 Å². The molecule has 3 aliphatic heterocycles. The second-order valence-electron chi connectivity index (χ2n) is 12.1. The van der Waals surface area contributed by atoms with Crippen LogP contribution in [0.25, 0.3) is 0 Å². The molecule has 0 aromatic heterocycles. The van der Waals surface area contributed by atoms with E-state index in [2.05, 4.69) is 19.1 Å². The van der Waals surface area contributed by atoms with Gasteiger partial charge in [0.05, 0.1) is 17.2 Å². The summed E-state index contributed by atoms with van der Waals surface area (Å²) in [6, 6.07) is -1.42. The van der Waals surface area contributed by atoms with Gasteiger partial charge < -0.3 is 19.3 Å². The van der Waals surface area contributed by atoms with Crippen molar-refractivity contribution >= 4 is 34.6 Å². The Labute approximate surface area is 250 Å². The van der Waals surface area contributed by atoms with E-state index in [1.165, 1.54) is 4.90 Å². The first-order chi connectivity index (χ1) is 19.4. The molecule has 3 rings (SSSR count). The van der Waals surface area contributed by atoms with Crippen LogP contribution < -0.4 is 0 Å². The molecule has 0 aliphatic carbocycles. The standard InChI is InChI=1S/C32H49N3O5S/c1-20(2)28-32(38)40-25(18-24(6)39-8)17-22(4)13-10-9-12-21(3)16-23(5)30(36)35-15-11-14-27(35)29-33-26(19-41-29)31(37)34(28)7/h9-10,13,16,20-21,24-28H,11-12,14-15,17-19H2,1-8H3. The lowest BCUT2D eigenvalue weighted by atomic mass is 10.0. The van der Waals surface area contributed by atoms with E-state index < -0.39 is 18.1 Å². The van der Waals surface area contributed by atoms with Crippen molar-refractivity contribution in [2.45, 2.75) is 104 Å². The van der Waals surface area contributed by atoms with Gasteiger partial charge in [0.25, 0.3) is 0 Å². The Hall–Kier alpha value is -2.39. The first-order valence-corrected chi connectivity index (χ1v) is 15.9. The Bertz CT molecular complexity index is 1080. The van der Waals surface area contributed by atoms with E-state index in [0.717, 1.165) is 35.5 Å². The Morgan fingerprint density at radius 1 is 1.20 bits per heavy atom. The van der Waals surface area contributed by atoms with E-state index in [4.69, 9.17) is 14.5 Å². The van der Waals surface area contributed by atoms with E-state index in [0.29, 0.717) is 25.1 Å². The van der Waals surface area contributed by atoms with E-state index in [1.807, 2.05) is 51.7 Å². The summed E-state index contributed by atoms with van der Waals surface area (Å²) in [6.07, 6.45) is 11.5. The number of cyclic esters (lactones) is 1. The van der Waals surface area contributed by atoms with Crippen molar-refractivity contribution in [3.8, 4) is 0 Å². The van der Waals surface area contributed by atoms with Crippen LogP contribution in [0.1, 0.15) is 73.6 Å². The van der Waals surface area contributed by atoms with Gasteiger partial charge in [-0.25, -0.2) is 4.79 Å². The number of aliphatic imine (C=N–C) groups is 1. The molecule has 1 fully saturated rings. The van der Waals surface area contributed by atoms with Gasteiger partial charge >= 0.3 is 5.97 Å². The highest BCUT2D eigenvalue weighted by Gasteiger charge is 2.40. The van der Waals surface area contributed by atoms with Crippen LogP contribution >= 0.6 is 11.8 Å². The number of amides is 2. The van der Waals surface area contributed by atoms with E-state index in [1.54, 1.807) is 25.9 Å². The highest BCUT2D eigenvalue weighted by molar-refractivity contribution is 8.14. The minimum absolute atomic E-state index is 0.0408. The van der Waals surface area contributed by atoms with Crippen molar-refractivity contribution in [1.82, 2.24) is 9.80 Å². The van der Waals surface area contributed by atoms with Crippen molar-refractivity contribution in [1.29, 1.82) is 0 Å². The fourth-order valence-electron chi connectivity index (χ4n) is 5.84. The highest BCUT2D eigenvalue weighted by Crippen LogP contribution is 2.31. The second-order valence-corrected chi connectivity index (χ2v) is 13.2. The average molecular weight is 588 g/mol. The molecule has 2 bridgehead atoms. The first-order valence-electron chi connectivity index (χ1n) is 14.9. The minimum atomic E-state index is -0.732. The summed E-state index contributed by atoms with van der Waals surface area (Å²) in [5.74, 6) is 0.00930. The van der Waals surface area contributed by atoms with Crippen molar-refractivity contribution in [3.63, 3.8) is 0 Å². The SMILES string of the molecule is COC(C)CC1CC(C)=CC=CCC(C)C=C(C)C(=O)N2CCCC2C2=NC(CS2)C(=O)N(C)C(C(C)C)C(=O)O1. The van der Waals surface area contributed by atoms with Gasteiger partial charge in [-0.15, -0.1) is 11.8 Å². The molecular weight excluding hydrogens is 538 g/mol. The minimum Gasteiger partial charge on any atom is -0.460 e. The Morgan fingerprint density at radius 2 is 1.93 bits per heavy atom. The summed E-state index contributed by atoms with van der Waals surface area (Å²) in [4.78, 5) is 48.9. The molecule has 9 heteroatoms. The van der Waals surface area contributed by atoms with E-state index >= 15 is 0 Å². The van der Waals surface area contributed by atoms with Crippen molar-refractivity contribution in [3.05, 3.63) is 35.5 Å². The Balaban J connectivity index is 1.96. The van der Waals surface area contributed by atoms with Crippen LogP contribution in [0.4, 0.5) is 0 Å². The van der Waals surface area contributed by atoms with Gasteiger partial charge in [0.2, 0.25) is 11.8 Å². The van der Waals surface area contributed by atoms with Crippen LogP contribution in [-0.4, -0.2) is 89.4 Å². The number of hydrogen-bond acceptors (Lipinski definition) is 7. The number of methoxy groups -OCH3 is 1. The fourth-order valence-corrected chi connectivity index (χ4v) is 7.02. The van der Waals surface area contributed by atoms with Crippen LogP contribution in [0, 0.1) is 11.8 Å². The Morgan fingerprint density at radius 3 is 2.61 bits per heavy atom. The number of thioether (sulfide) groups is 1. The van der Waals surface area contributed by atoms with Crippen LogP contribution in [0.2, 0.25) is 0 Å². The maximum absolute atomic E-state index is 13.7. The molecule has 0 N–H and O–H groups in total. The van der Waals surface area contributed by atoms with Gasteiger partial charge in [0, 0.05) is 44.9 Å². The third-order valence-electron chi connectivity index (χ3n) is 8.12. The molecule has 2 amide bonds. The predicted molar refractivity (Wildman–Crippen MR) is 166 cm³/mol. The molecule has 0 aromatic carbocycles. The van der Waals surface area contributed by atoms with Gasteiger partial charge in [-0.05, 0) is 51.9 Å². The lowest BCUT2D eigenvalue weighted by molar-refractivity contribution is -0.162. The zero-order valence-electron chi connectivity index (χ0n) is 26.1. The zero-order chi connectivity index (χ0) is 30.3. The predicted octanol–water partition coefficient (Wildman–Crippen LogP) is 5.19. The molecule has 228 valence electrons. The molecule has 41 heavy (non-hydrogen) atoms. The summed E-state index contributed by atoms with van der Waals surface area (Å²) in [5.41, 5.74) is 1.83. The summed E-state index contributed by atoms with van der Waals surface area (Å²) in [5, 5.41) is 0.844.